The van der Waals surface area contributed by atoms with Crippen molar-refractivity contribution in [2.75, 3.05) is 18.4 Å². The summed E-state index contributed by atoms with van der Waals surface area (Å²) in [4.78, 5) is 32.8. The fraction of sp³-hybridized carbons (Fsp3) is 0.211. The number of likely N-dealkylation sites (N-methyl/N-ethyl adjacent to an activating group) is 1. The number of benzene rings is 2. The Morgan fingerprint density at radius 1 is 1.19 bits per heavy atom. The molecule has 3 aromatic rings. The number of carbonyl (C=O) groups is 1. The first kappa shape index (κ1) is 19.4. The van der Waals surface area contributed by atoms with Gasteiger partial charge in [-0.05, 0) is 31.2 Å². The zero-order chi connectivity index (χ0) is 19.4. The largest absolute Gasteiger partial charge is 0.321 e. The Bertz CT molecular complexity index is 1040. The maximum atomic E-state index is 12.4. The molecule has 0 radical (unpaired) electrons. The number of rotatable bonds is 6. The van der Waals surface area contributed by atoms with Gasteiger partial charge >= 0.3 is 0 Å². The van der Waals surface area contributed by atoms with Gasteiger partial charge in [0.15, 0.2) is 12.4 Å². The van der Waals surface area contributed by atoms with Crippen LogP contribution in [0.15, 0.2) is 47.3 Å². The van der Waals surface area contributed by atoms with Crippen molar-refractivity contribution in [1.82, 2.24) is 9.97 Å². The van der Waals surface area contributed by atoms with Crippen LogP contribution in [-0.2, 0) is 11.3 Å². The number of hydrogen-bond donors (Lipinski definition) is 3. The summed E-state index contributed by atoms with van der Waals surface area (Å²) in [7, 11) is 0. The third kappa shape index (κ3) is 4.66. The lowest BCUT2D eigenvalue weighted by molar-refractivity contribution is -0.904. The van der Waals surface area contributed by atoms with E-state index in [0.29, 0.717) is 45.5 Å². The van der Waals surface area contributed by atoms with Gasteiger partial charge in [0.2, 0.25) is 0 Å². The van der Waals surface area contributed by atoms with Gasteiger partial charge in [0, 0.05) is 0 Å². The number of carbonyl (C=O) groups excluding carboxylic acids is 1. The number of H-pyrrole nitrogens is 1. The topological polar surface area (TPSA) is 79.3 Å². The lowest BCUT2D eigenvalue weighted by atomic mass is 10.2. The van der Waals surface area contributed by atoms with E-state index in [0.717, 1.165) is 4.90 Å². The van der Waals surface area contributed by atoms with E-state index in [1.54, 1.807) is 36.4 Å². The molecule has 0 aliphatic rings. The molecule has 0 spiro atoms. The third-order valence-corrected chi connectivity index (χ3v) is 5.03. The van der Waals surface area contributed by atoms with E-state index >= 15 is 0 Å². The summed E-state index contributed by atoms with van der Waals surface area (Å²) in [6, 6.07) is 12.2. The average molecular weight is 406 g/mol. The maximum absolute atomic E-state index is 12.4. The van der Waals surface area contributed by atoms with E-state index in [2.05, 4.69) is 15.3 Å². The van der Waals surface area contributed by atoms with Gasteiger partial charge in [0.25, 0.3) is 11.5 Å². The van der Waals surface area contributed by atoms with E-state index in [9.17, 15) is 9.59 Å². The van der Waals surface area contributed by atoms with Crippen molar-refractivity contribution in [2.45, 2.75) is 13.5 Å². The van der Waals surface area contributed by atoms with Gasteiger partial charge in [0.1, 0.15) is 6.54 Å². The van der Waals surface area contributed by atoms with Gasteiger partial charge in [-0.15, -0.1) is 0 Å². The first-order valence-corrected chi connectivity index (χ1v) is 9.29. The number of anilines is 1. The highest BCUT2D eigenvalue weighted by Gasteiger charge is 2.17. The zero-order valence-corrected chi connectivity index (χ0v) is 16.2. The number of nitrogens with one attached hydrogen (secondary N) is 3. The minimum absolute atomic E-state index is 0.179. The summed E-state index contributed by atoms with van der Waals surface area (Å²) < 4.78 is 0. The number of para-hydroxylation sites is 1. The maximum Gasteiger partial charge on any atom is 0.279 e. The smallest absolute Gasteiger partial charge is 0.279 e. The molecule has 2 aromatic carbocycles. The zero-order valence-electron chi connectivity index (χ0n) is 14.7. The molecule has 1 unspecified atom stereocenters. The van der Waals surface area contributed by atoms with Gasteiger partial charge in [-0.2, -0.15) is 0 Å². The molecule has 0 bridgehead atoms. The minimum Gasteiger partial charge on any atom is -0.321 e. The van der Waals surface area contributed by atoms with Crippen molar-refractivity contribution < 1.29 is 9.69 Å². The molecule has 3 N–H and O–H groups in total. The Morgan fingerprint density at radius 2 is 1.96 bits per heavy atom. The molecule has 0 saturated carbocycles. The number of halogens is 2. The van der Waals surface area contributed by atoms with Crippen molar-refractivity contribution in [3.63, 3.8) is 0 Å². The summed E-state index contributed by atoms with van der Waals surface area (Å²) in [5, 5.41) is 4.02. The molecule has 0 aliphatic carbocycles. The molecule has 0 aliphatic heterocycles. The number of nitrogens with zero attached hydrogens (tertiary/aromatic N) is 1. The molecule has 1 atom stereocenters. The summed E-state index contributed by atoms with van der Waals surface area (Å²) >= 11 is 12.1. The Balaban J connectivity index is 1.71. The molecule has 8 heteroatoms. The molecular formula is C19H19Cl2N4O2+. The summed E-state index contributed by atoms with van der Waals surface area (Å²) in [5.74, 6) is 0.350. The summed E-state index contributed by atoms with van der Waals surface area (Å²) in [6.07, 6.45) is 0. The Labute approximate surface area is 166 Å². The Morgan fingerprint density at radius 3 is 2.74 bits per heavy atom. The van der Waals surface area contributed by atoms with Crippen molar-refractivity contribution in [3.05, 3.63) is 68.7 Å². The lowest BCUT2D eigenvalue weighted by Crippen LogP contribution is -3.11. The van der Waals surface area contributed by atoms with Gasteiger partial charge in [-0.1, -0.05) is 41.4 Å². The monoisotopic (exact) mass is 405 g/mol. The average Bonchev–Trinajstić information content (AvgIpc) is 2.65. The fourth-order valence-corrected chi connectivity index (χ4v) is 3.14. The predicted molar refractivity (Wildman–Crippen MR) is 108 cm³/mol. The SMILES string of the molecule is CC[NH+](CC(=O)Nc1cccc(Cl)c1Cl)Cc1nc2ccccc2c(=O)[nH]1. The van der Waals surface area contributed by atoms with Crippen molar-refractivity contribution >= 4 is 45.7 Å². The lowest BCUT2D eigenvalue weighted by Gasteiger charge is -2.17. The Kier molecular flexibility index (Phi) is 6.11. The molecule has 1 aromatic heterocycles. The van der Waals surface area contributed by atoms with Crippen LogP contribution in [0.3, 0.4) is 0 Å². The second kappa shape index (κ2) is 8.52. The van der Waals surface area contributed by atoms with E-state index in [-0.39, 0.29) is 18.0 Å². The van der Waals surface area contributed by atoms with E-state index < -0.39 is 0 Å². The van der Waals surface area contributed by atoms with Crippen LogP contribution >= 0.6 is 23.2 Å². The quantitative estimate of drug-likeness (QED) is 0.588. The summed E-state index contributed by atoms with van der Waals surface area (Å²) in [5.41, 5.74) is 0.935. The predicted octanol–water partition coefficient (Wildman–Crippen LogP) is 2.27. The van der Waals surface area contributed by atoms with E-state index in [4.69, 9.17) is 23.2 Å². The number of amides is 1. The molecular weight excluding hydrogens is 387 g/mol. The Hall–Kier alpha value is -2.41. The normalized spacial score (nSPS) is 12.1. The second-order valence-electron chi connectivity index (χ2n) is 6.14. The van der Waals surface area contributed by atoms with Gasteiger partial charge in [-0.3, -0.25) is 9.59 Å². The molecule has 1 amide bonds. The van der Waals surface area contributed by atoms with E-state index in [1.807, 2.05) is 13.0 Å². The van der Waals surface area contributed by atoms with Crippen LogP contribution in [0, 0.1) is 0 Å². The fourth-order valence-electron chi connectivity index (χ4n) is 2.79. The van der Waals surface area contributed by atoms with Crippen LogP contribution in [0.2, 0.25) is 10.0 Å². The number of hydrogen-bond acceptors (Lipinski definition) is 3. The van der Waals surface area contributed by atoms with Gasteiger partial charge in [0.05, 0.1) is 33.2 Å². The first-order chi connectivity index (χ1) is 13.0. The van der Waals surface area contributed by atoms with E-state index in [1.165, 1.54) is 0 Å². The highest BCUT2D eigenvalue weighted by Crippen LogP contribution is 2.29. The highest BCUT2D eigenvalue weighted by molar-refractivity contribution is 6.43. The number of fused-ring (bicyclic) bond motifs is 1. The molecule has 3 rings (SSSR count). The van der Waals surface area contributed by atoms with Crippen molar-refractivity contribution in [3.8, 4) is 0 Å². The second-order valence-corrected chi connectivity index (χ2v) is 6.92. The van der Waals surface area contributed by atoms with Crippen LogP contribution in [0.4, 0.5) is 5.69 Å². The molecule has 0 fully saturated rings. The molecule has 140 valence electrons. The van der Waals surface area contributed by atoms with Crippen LogP contribution in [0.1, 0.15) is 12.7 Å². The molecule has 27 heavy (non-hydrogen) atoms. The molecule has 1 heterocycles. The standard InChI is InChI=1S/C19H18Cl2N4O2/c1-2-25(11-17(26)23-15-9-5-7-13(20)18(15)21)10-16-22-14-8-4-3-6-12(14)19(27)24-16/h3-9H,2,10-11H2,1H3,(H,23,26)(H,22,24,27)/p+1. The van der Waals surface area contributed by atoms with Crippen LogP contribution < -0.4 is 15.8 Å². The molecule has 6 nitrogen and oxygen atoms in total. The van der Waals surface area contributed by atoms with Crippen LogP contribution in [0.5, 0.6) is 0 Å². The number of quaternary nitrogens is 1. The van der Waals surface area contributed by atoms with Crippen LogP contribution in [0.25, 0.3) is 10.9 Å². The van der Waals surface area contributed by atoms with Crippen molar-refractivity contribution in [2.24, 2.45) is 0 Å². The summed E-state index contributed by atoms with van der Waals surface area (Å²) in [6.45, 7) is 3.28. The van der Waals surface area contributed by atoms with Gasteiger partial charge < -0.3 is 15.2 Å². The highest BCUT2D eigenvalue weighted by atomic mass is 35.5. The number of aromatic amines is 1. The third-order valence-electron chi connectivity index (χ3n) is 4.22. The first-order valence-electron chi connectivity index (χ1n) is 8.53. The minimum atomic E-state index is -0.195. The van der Waals surface area contributed by atoms with Crippen LogP contribution in [-0.4, -0.2) is 29.0 Å². The molecule has 0 saturated heterocycles. The van der Waals surface area contributed by atoms with Gasteiger partial charge in [-0.25, -0.2) is 4.98 Å². The van der Waals surface area contributed by atoms with Crippen molar-refractivity contribution in [1.29, 1.82) is 0 Å². The number of aromatic nitrogens is 2.